The molecule has 0 aliphatic carbocycles. The van der Waals surface area contributed by atoms with Gasteiger partial charge in [0.25, 0.3) is 0 Å². The summed E-state index contributed by atoms with van der Waals surface area (Å²) >= 11 is 0. The molecule has 0 radical (unpaired) electrons. The number of rotatable bonds is 5. The maximum absolute atomic E-state index is 12.8. The minimum absolute atomic E-state index is 0.00824. The van der Waals surface area contributed by atoms with Crippen molar-refractivity contribution in [2.45, 2.75) is 24.9 Å². The van der Waals surface area contributed by atoms with Crippen LogP contribution in [0.25, 0.3) is 0 Å². The van der Waals surface area contributed by atoms with E-state index in [2.05, 4.69) is 0 Å². The van der Waals surface area contributed by atoms with E-state index < -0.39 is 43.6 Å². The van der Waals surface area contributed by atoms with E-state index in [1.54, 1.807) is 0 Å². The molecule has 2 amide bonds. The van der Waals surface area contributed by atoms with Gasteiger partial charge in [-0.2, -0.15) is 0 Å². The van der Waals surface area contributed by atoms with Crippen LogP contribution >= 0.6 is 0 Å². The molecule has 0 aromatic heterocycles. The Morgan fingerprint density at radius 1 is 0.808 bits per heavy atom. The molecule has 2 unspecified atom stereocenters. The van der Waals surface area contributed by atoms with Gasteiger partial charge in [-0.1, -0.05) is 0 Å². The molecule has 2 rings (SSSR count). The van der Waals surface area contributed by atoms with Gasteiger partial charge in [0.05, 0.1) is 23.0 Å². The van der Waals surface area contributed by atoms with Gasteiger partial charge in [0, 0.05) is 32.2 Å². The first-order valence-electron chi connectivity index (χ1n) is 8.55. The normalized spacial score (nSPS) is 26.8. The lowest BCUT2D eigenvalue weighted by atomic mass is 10.2. The molecule has 150 valence electrons. The lowest BCUT2D eigenvalue weighted by Gasteiger charge is -2.31. The molecule has 2 heterocycles. The fraction of sp³-hybridized carbons (Fsp3) is 0.867. The zero-order chi connectivity index (χ0) is 19.7. The third kappa shape index (κ3) is 5.17. The standard InChI is InChI=1S/C15H27N3O6S2/c1-16(2)6-7-18(13-5-9-26(23,24)11-13)15(20)14(19)17(3)12-4-8-25(21,22)10-12/h12-13H,4-11H2,1-3H3. The summed E-state index contributed by atoms with van der Waals surface area (Å²) in [6.45, 7) is 0.742. The van der Waals surface area contributed by atoms with Gasteiger partial charge in [0.2, 0.25) is 0 Å². The van der Waals surface area contributed by atoms with E-state index in [-0.39, 0.29) is 29.6 Å². The van der Waals surface area contributed by atoms with Crippen LogP contribution in [0.1, 0.15) is 12.8 Å². The van der Waals surface area contributed by atoms with Crippen LogP contribution < -0.4 is 0 Å². The van der Waals surface area contributed by atoms with Crippen LogP contribution in [0.3, 0.4) is 0 Å². The summed E-state index contributed by atoms with van der Waals surface area (Å²) in [4.78, 5) is 29.8. The molecule has 0 saturated carbocycles. The minimum atomic E-state index is -3.20. The highest BCUT2D eigenvalue weighted by Gasteiger charge is 2.40. The van der Waals surface area contributed by atoms with Gasteiger partial charge in [-0.05, 0) is 26.9 Å². The van der Waals surface area contributed by atoms with Gasteiger partial charge in [-0.3, -0.25) is 9.59 Å². The number of hydrogen-bond acceptors (Lipinski definition) is 7. The van der Waals surface area contributed by atoms with E-state index in [1.807, 2.05) is 19.0 Å². The van der Waals surface area contributed by atoms with Gasteiger partial charge in [0.15, 0.2) is 19.7 Å². The summed E-state index contributed by atoms with van der Waals surface area (Å²) in [6, 6.07) is -1.03. The van der Waals surface area contributed by atoms with Crippen molar-refractivity contribution < 1.29 is 26.4 Å². The SMILES string of the molecule is CN(C)CCN(C(=O)C(=O)N(C)C1CCS(=O)(=O)C1)C1CCS(=O)(=O)C1. The van der Waals surface area contributed by atoms with Crippen molar-refractivity contribution in [3.8, 4) is 0 Å². The molecular weight excluding hydrogens is 382 g/mol. The molecule has 0 aromatic rings. The molecule has 2 fully saturated rings. The van der Waals surface area contributed by atoms with Gasteiger partial charge >= 0.3 is 11.8 Å². The minimum Gasteiger partial charge on any atom is -0.333 e. The summed E-state index contributed by atoms with van der Waals surface area (Å²) in [7, 11) is -1.30. The zero-order valence-corrected chi connectivity index (χ0v) is 17.1. The monoisotopic (exact) mass is 409 g/mol. The van der Waals surface area contributed by atoms with Crippen LogP contribution in [-0.4, -0.2) is 113 Å². The van der Waals surface area contributed by atoms with Crippen molar-refractivity contribution in [1.82, 2.24) is 14.7 Å². The molecule has 2 aliphatic rings. The number of likely N-dealkylation sites (N-methyl/N-ethyl adjacent to an activating group) is 2. The second-order valence-corrected chi connectivity index (χ2v) is 11.8. The van der Waals surface area contributed by atoms with Crippen LogP contribution in [0.4, 0.5) is 0 Å². The van der Waals surface area contributed by atoms with E-state index >= 15 is 0 Å². The van der Waals surface area contributed by atoms with Crippen LogP contribution in [-0.2, 0) is 29.3 Å². The first-order valence-corrected chi connectivity index (χ1v) is 12.2. The summed E-state index contributed by atoms with van der Waals surface area (Å²) in [5, 5.41) is 0. The molecule has 0 aromatic carbocycles. The summed E-state index contributed by atoms with van der Waals surface area (Å²) in [5.41, 5.74) is 0. The molecule has 9 nitrogen and oxygen atoms in total. The Morgan fingerprint density at radius 2 is 1.31 bits per heavy atom. The van der Waals surface area contributed by atoms with Crippen molar-refractivity contribution in [3.05, 3.63) is 0 Å². The molecule has 0 N–H and O–H groups in total. The Morgan fingerprint density at radius 3 is 1.73 bits per heavy atom. The molecular formula is C15H27N3O6S2. The number of carbonyl (C=O) groups excluding carboxylic acids is 2. The van der Waals surface area contributed by atoms with E-state index in [9.17, 15) is 26.4 Å². The summed E-state index contributed by atoms with van der Waals surface area (Å²) in [5.74, 6) is -1.81. The van der Waals surface area contributed by atoms with Crippen molar-refractivity contribution in [2.75, 3.05) is 57.2 Å². The maximum atomic E-state index is 12.8. The van der Waals surface area contributed by atoms with E-state index in [0.717, 1.165) is 0 Å². The Balaban J connectivity index is 2.12. The molecule has 2 atom stereocenters. The second kappa shape index (κ2) is 7.81. The van der Waals surface area contributed by atoms with E-state index in [4.69, 9.17) is 0 Å². The number of nitrogens with zero attached hydrogens (tertiary/aromatic N) is 3. The van der Waals surface area contributed by atoms with Crippen molar-refractivity contribution in [1.29, 1.82) is 0 Å². The molecule has 0 bridgehead atoms. The molecule has 26 heavy (non-hydrogen) atoms. The third-order valence-corrected chi connectivity index (χ3v) is 8.46. The highest BCUT2D eigenvalue weighted by molar-refractivity contribution is 7.91. The average molecular weight is 410 g/mol. The van der Waals surface area contributed by atoms with Crippen LogP contribution in [0.5, 0.6) is 0 Å². The molecule has 2 aliphatic heterocycles. The predicted octanol–water partition coefficient (Wildman–Crippen LogP) is -1.79. The van der Waals surface area contributed by atoms with Gasteiger partial charge in [-0.25, -0.2) is 16.8 Å². The fourth-order valence-electron chi connectivity index (χ4n) is 3.30. The fourth-order valence-corrected chi connectivity index (χ4v) is 6.80. The number of sulfone groups is 2. The quantitative estimate of drug-likeness (QED) is 0.493. The molecule has 2 saturated heterocycles. The smallest absolute Gasteiger partial charge is 0.312 e. The second-order valence-electron chi connectivity index (χ2n) is 7.33. The first kappa shape index (κ1) is 21.1. The summed E-state index contributed by atoms with van der Waals surface area (Å²) in [6.07, 6.45) is 0.629. The van der Waals surface area contributed by atoms with Crippen LogP contribution in [0.15, 0.2) is 0 Å². The Labute approximate surface area is 155 Å². The van der Waals surface area contributed by atoms with Crippen molar-refractivity contribution >= 4 is 31.5 Å². The van der Waals surface area contributed by atoms with Crippen molar-refractivity contribution in [2.24, 2.45) is 0 Å². The first-order chi connectivity index (χ1) is 11.9. The van der Waals surface area contributed by atoms with Gasteiger partial charge in [0.1, 0.15) is 0 Å². The third-order valence-electron chi connectivity index (χ3n) is 4.96. The van der Waals surface area contributed by atoms with Gasteiger partial charge in [-0.15, -0.1) is 0 Å². The number of carbonyl (C=O) groups is 2. The van der Waals surface area contributed by atoms with Crippen LogP contribution in [0.2, 0.25) is 0 Å². The average Bonchev–Trinajstić information content (AvgIpc) is 3.07. The largest absolute Gasteiger partial charge is 0.333 e. The van der Waals surface area contributed by atoms with Crippen molar-refractivity contribution in [3.63, 3.8) is 0 Å². The Hall–Kier alpha value is -1.20. The summed E-state index contributed by atoms with van der Waals surface area (Å²) < 4.78 is 46.8. The maximum Gasteiger partial charge on any atom is 0.312 e. The number of amides is 2. The van der Waals surface area contributed by atoms with E-state index in [0.29, 0.717) is 19.4 Å². The van der Waals surface area contributed by atoms with E-state index in [1.165, 1.54) is 16.8 Å². The highest BCUT2D eigenvalue weighted by Crippen LogP contribution is 2.20. The molecule has 11 heteroatoms. The highest BCUT2D eigenvalue weighted by atomic mass is 32.2. The van der Waals surface area contributed by atoms with Gasteiger partial charge < -0.3 is 14.7 Å². The number of hydrogen-bond donors (Lipinski definition) is 0. The van der Waals surface area contributed by atoms with Crippen LogP contribution in [0, 0.1) is 0 Å². The Kier molecular flexibility index (Phi) is 6.34. The Bertz CT molecular complexity index is 762. The zero-order valence-electron chi connectivity index (χ0n) is 15.4. The lowest BCUT2D eigenvalue weighted by Crippen LogP contribution is -2.52. The lowest BCUT2D eigenvalue weighted by molar-refractivity contribution is -0.153. The molecule has 0 spiro atoms. The topological polar surface area (TPSA) is 112 Å². The predicted molar refractivity (Wildman–Crippen MR) is 97.2 cm³/mol.